The molecule has 1 heterocycles. The molecular formula is C17H24BNO4. The second-order valence-corrected chi connectivity index (χ2v) is 6.18. The molecule has 2 N–H and O–H groups in total. The van der Waals surface area contributed by atoms with E-state index in [9.17, 15) is 14.6 Å². The Morgan fingerprint density at radius 2 is 1.96 bits per heavy atom. The fourth-order valence-corrected chi connectivity index (χ4v) is 2.89. The number of ketones is 1. The number of rotatable bonds is 5. The normalized spacial score (nSPS) is 22.1. The Bertz CT molecular complexity index is 523. The Morgan fingerprint density at radius 1 is 1.26 bits per heavy atom. The van der Waals surface area contributed by atoms with E-state index in [1.807, 2.05) is 30.3 Å². The Kier molecular flexibility index (Phi) is 6.80. The number of hydrogen-bond acceptors (Lipinski definition) is 4. The van der Waals surface area contributed by atoms with Crippen molar-refractivity contribution < 1.29 is 19.3 Å². The molecule has 0 bridgehead atoms. The van der Waals surface area contributed by atoms with Crippen LogP contribution in [0.2, 0.25) is 0 Å². The maximum absolute atomic E-state index is 12.2. The van der Waals surface area contributed by atoms with Gasteiger partial charge in [0, 0.05) is 12.5 Å². The third-order valence-electron chi connectivity index (χ3n) is 4.04. The first-order valence-corrected chi connectivity index (χ1v) is 8.21. The first-order chi connectivity index (χ1) is 11.0. The highest BCUT2D eigenvalue weighted by Crippen LogP contribution is 2.18. The lowest BCUT2D eigenvalue weighted by atomic mass is 9.74. The molecular weight excluding hydrogens is 293 g/mol. The first kappa shape index (κ1) is 17.7. The third-order valence-corrected chi connectivity index (χ3v) is 4.04. The molecule has 1 aromatic carbocycles. The van der Waals surface area contributed by atoms with E-state index in [4.69, 9.17) is 4.65 Å². The lowest BCUT2D eigenvalue weighted by Crippen LogP contribution is -2.50. The van der Waals surface area contributed by atoms with Crippen molar-refractivity contribution in [2.24, 2.45) is 0 Å². The maximum atomic E-state index is 12.2. The van der Waals surface area contributed by atoms with Gasteiger partial charge in [-0.3, -0.25) is 9.59 Å². The van der Waals surface area contributed by atoms with Gasteiger partial charge in [-0.1, -0.05) is 43.2 Å². The molecule has 0 aromatic heterocycles. The SMILES string of the molecule is CC(=O)C[C@@H]1CCCC[C@H](NC(=O)Cc2ccccc2)B(O)O1. The average molecular weight is 317 g/mol. The van der Waals surface area contributed by atoms with Crippen LogP contribution >= 0.6 is 0 Å². The van der Waals surface area contributed by atoms with Gasteiger partial charge in [-0.2, -0.15) is 0 Å². The van der Waals surface area contributed by atoms with Crippen molar-refractivity contribution in [3.63, 3.8) is 0 Å². The number of nitrogens with one attached hydrogen (secondary N) is 1. The smallest absolute Gasteiger partial charge is 0.426 e. The van der Waals surface area contributed by atoms with Crippen LogP contribution < -0.4 is 5.32 Å². The highest BCUT2D eigenvalue weighted by molar-refractivity contribution is 6.45. The van der Waals surface area contributed by atoms with E-state index >= 15 is 0 Å². The third kappa shape index (κ3) is 6.16. The molecule has 0 unspecified atom stereocenters. The minimum Gasteiger partial charge on any atom is -0.426 e. The fraction of sp³-hybridized carbons (Fsp3) is 0.529. The number of hydrogen-bond donors (Lipinski definition) is 2. The summed E-state index contributed by atoms with van der Waals surface area (Å²) in [6.07, 6.45) is 3.58. The molecule has 23 heavy (non-hydrogen) atoms. The maximum Gasteiger partial charge on any atom is 0.478 e. The lowest BCUT2D eigenvalue weighted by Gasteiger charge is -2.28. The van der Waals surface area contributed by atoms with Crippen molar-refractivity contribution in [2.75, 3.05) is 0 Å². The van der Waals surface area contributed by atoms with E-state index in [-0.39, 0.29) is 24.2 Å². The van der Waals surface area contributed by atoms with Crippen molar-refractivity contribution in [1.82, 2.24) is 5.32 Å². The molecule has 2 rings (SSSR count). The van der Waals surface area contributed by atoms with Crippen molar-refractivity contribution in [3.05, 3.63) is 35.9 Å². The topological polar surface area (TPSA) is 75.6 Å². The van der Waals surface area contributed by atoms with Gasteiger partial charge < -0.3 is 15.0 Å². The summed E-state index contributed by atoms with van der Waals surface area (Å²) in [5, 5.41) is 13.1. The standard InChI is InChI=1S/C17H24BNO4/c1-13(20)11-15-9-5-6-10-16(18(22)23-15)19-17(21)12-14-7-3-2-4-8-14/h2-4,7-8,15-16,22H,5-6,9-12H2,1H3,(H,19,21)/t15-,16-/m0/s1. The van der Waals surface area contributed by atoms with Crippen molar-refractivity contribution >= 4 is 18.8 Å². The Labute approximate surface area is 137 Å². The second kappa shape index (κ2) is 8.84. The number of amides is 1. The van der Waals surface area contributed by atoms with E-state index in [1.54, 1.807) is 0 Å². The Hall–Kier alpha value is -1.66. The van der Waals surface area contributed by atoms with Crippen LogP contribution in [0, 0.1) is 0 Å². The molecule has 1 aliphatic heterocycles. The molecule has 0 saturated carbocycles. The van der Waals surface area contributed by atoms with Crippen LogP contribution in [0.5, 0.6) is 0 Å². The van der Waals surface area contributed by atoms with Gasteiger partial charge in [0.2, 0.25) is 5.91 Å². The van der Waals surface area contributed by atoms with Gasteiger partial charge in [0.25, 0.3) is 0 Å². The van der Waals surface area contributed by atoms with Crippen molar-refractivity contribution in [1.29, 1.82) is 0 Å². The highest BCUT2D eigenvalue weighted by Gasteiger charge is 2.32. The monoisotopic (exact) mass is 317 g/mol. The summed E-state index contributed by atoms with van der Waals surface area (Å²) >= 11 is 0. The van der Waals surface area contributed by atoms with Gasteiger partial charge in [0.15, 0.2) is 0 Å². The largest absolute Gasteiger partial charge is 0.478 e. The van der Waals surface area contributed by atoms with Gasteiger partial charge in [0.1, 0.15) is 5.78 Å². The van der Waals surface area contributed by atoms with Gasteiger partial charge in [-0.15, -0.1) is 0 Å². The number of carbonyl (C=O) groups is 2. The van der Waals surface area contributed by atoms with Crippen LogP contribution in [0.3, 0.4) is 0 Å². The molecule has 5 nitrogen and oxygen atoms in total. The number of Topliss-reactive ketones (excluding diaryl/α,β-unsaturated/α-hetero) is 1. The van der Waals surface area contributed by atoms with Crippen LogP contribution in [-0.2, 0) is 20.7 Å². The predicted octanol–water partition coefficient (Wildman–Crippen LogP) is 1.67. The molecule has 0 radical (unpaired) electrons. The predicted molar refractivity (Wildman–Crippen MR) is 88.7 cm³/mol. The molecule has 1 saturated heterocycles. The van der Waals surface area contributed by atoms with Crippen LogP contribution in [0.25, 0.3) is 0 Å². The van der Waals surface area contributed by atoms with Crippen LogP contribution in [0.1, 0.15) is 44.6 Å². The van der Waals surface area contributed by atoms with Crippen LogP contribution in [0.4, 0.5) is 0 Å². The summed E-state index contributed by atoms with van der Waals surface area (Å²) in [6, 6.07) is 9.48. The van der Waals surface area contributed by atoms with E-state index in [0.29, 0.717) is 12.8 Å². The molecule has 2 atom stereocenters. The lowest BCUT2D eigenvalue weighted by molar-refractivity contribution is -0.121. The molecule has 1 aromatic rings. The second-order valence-electron chi connectivity index (χ2n) is 6.18. The summed E-state index contributed by atoms with van der Waals surface area (Å²) in [7, 11) is -1.07. The number of benzene rings is 1. The molecule has 124 valence electrons. The van der Waals surface area contributed by atoms with E-state index < -0.39 is 13.1 Å². The zero-order chi connectivity index (χ0) is 16.7. The Balaban J connectivity index is 1.89. The summed E-state index contributed by atoms with van der Waals surface area (Å²) < 4.78 is 5.59. The summed E-state index contributed by atoms with van der Waals surface area (Å²) in [4.78, 5) is 23.4. The molecule has 0 spiro atoms. The molecule has 0 aliphatic carbocycles. The molecule has 1 fully saturated rings. The van der Waals surface area contributed by atoms with E-state index in [2.05, 4.69) is 5.32 Å². The van der Waals surface area contributed by atoms with Gasteiger partial charge in [0.05, 0.1) is 12.4 Å². The average Bonchev–Trinajstić information content (AvgIpc) is 2.49. The first-order valence-electron chi connectivity index (χ1n) is 8.21. The minimum absolute atomic E-state index is 0.0486. The molecule has 1 amide bonds. The van der Waals surface area contributed by atoms with Gasteiger partial charge in [-0.25, -0.2) is 0 Å². The van der Waals surface area contributed by atoms with E-state index in [0.717, 1.165) is 24.8 Å². The van der Waals surface area contributed by atoms with Gasteiger partial charge in [-0.05, 0) is 25.3 Å². The number of carbonyl (C=O) groups excluding carboxylic acids is 2. The zero-order valence-corrected chi connectivity index (χ0v) is 13.5. The van der Waals surface area contributed by atoms with Crippen LogP contribution in [-0.4, -0.2) is 35.9 Å². The highest BCUT2D eigenvalue weighted by atomic mass is 16.5. The molecule has 1 aliphatic rings. The minimum atomic E-state index is -1.07. The van der Waals surface area contributed by atoms with Crippen molar-refractivity contribution in [2.45, 2.75) is 57.5 Å². The summed E-state index contributed by atoms with van der Waals surface area (Å²) in [6.45, 7) is 1.52. The zero-order valence-electron chi connectivity index (χ0n) is 13.5. The van der Waals surface area contributed by atoms with Gasteiger partial charge >= 0.3 is 7.12 Å². The van der Waals surface area contributed by atoms with Crippen LogP contribution in [0.15, 0.2) is 30.3 Å². The van der Waals surface area contributed by atoms with Crippen molar-refractivity contribution in [3.8, 4) is 0 Å². The quantitative estimate of drug-likeness (QED) is 0.810. The summed E-state index contributed by atoms with van der Waals surface area (Å²) in [5.74, 6) is -0.513. The fourth-order valence-electron chi connectivity index (χ4n) is 2.89. The van der Waals surface area contributed by atoms with E-state index in [1.165, 1.54) is 6.92 Å². The Morgan fingerprint density at radius 3 is 2.65 bits per heavy atom. The molecule has 6 heteroatoms. The summed E-state index contributed by atoms with van der Waals surface area (Å²) in [5.41, 5.74) is 0.931.